The second-order valence-corrected chi connectivity index (χ2v) is 9.00. The largest absolute Gasteiger partial charge is 0.322 e. The second kappa shape index (κ2) is 6.52. The molecule has 142 valence electrons. The van der Waals surface area contributed by atoms with E-state index in [1.165, 1.54) is 5.56 Å². The van der Waals surface area contributed by atoms with Crippen LogP contribution in [0.2, 0.25) is 0 Å². The summed E-state index contributed by atoms with van der Waals surface area (Å²) in [6.45, 7) is 12.9. The molecule has 0 saturated carbocycles. The van der Waals surface area contributed by atoms with E-state index in [2.05, 4.69) is 39.9 Å². The first kappa shape index (κ1) is 19.2. The van der Waals surface area contributed by atoms with Crippen molar-refractivity contribution in [2.45, 2.75) is 52.4 Å². The van der Waals surface area contributed by atoms with Gasteiger partial charge in [-0.05, 0) is 40.8 Å². The number of hydrogen-bond acceptors (Lipinski definition) is 2. The van der Waals surface area contributed by atoms with E-state index in [-0.39, 0.29) is 22.6 Å². The Balaban J connectivity index is 1.84. The van der Waals surface area contributed by atoms with Crippen LogP contribution in [0.25, 0.3) is 0 Å². The van der Waals surface area contributed by atoms with Gasteiger partial charge in [0.1, 0.15) is 0 Å². The molecular formula is C23H28N2O2. The summed E-state index contributed by atoms with van der Waals surface area (Å²) in [7, 11) is 0. The lowest BCUT2D eigenvalue weighted by molar-refractivity contribution is -0.116. The number of anilines is 2. The summed E-state index contributed by atoms with van der Waals surface area (Å²) in [5, 5.41) is 2.96. The highest BCUT2D eigenvalue weighted by atomic mass is 16.2. The zero-order chi connectivity index (χ0) is 20.0. The molecule has 1 aliphatic rings. The maximum Gasteiger partial charge on any atom is 0.255 e. The van der Waals surface area contributed by atoms with Crippen molar-refractivity contribution >= 4 is 23.2 Å². The molecule has 1 aliphatic heterocycles. The Morgan fingerprint density at radius 1 is 1.04 bits per heavy atom. The molecule has 0 aromatic heterocycles. The van der Waals surface area contributed by atoms with E-state index in [4.69, 9.17) is 0 Å². The van der Waals surface area contributed by atoms with Gasteiger partial charge in [-0.2, -0.15) is 0 Å². The van der Waals surface area contributed by atoms with Crippen molar-refractivity contribution in [1.29, 1.82) is 0 Å². The molecule has 0 bridgehead atoms. The minimum Gasteiger partial charge on any atom is -0.322 e. The summed E-state index contributed by atoms with van der Waals surface area (Å²) in [6.07, 6.45) is 0. The zero-order valence-corrected chi connectivity index (χ0v) is 17.0. The predicted octanol–water partition coefficient (Wildman–Crippen LogP) is 4.88. The SMILES string of the molecule is CC(=O)N1CC(C)(C)c2ccc(NC(=O)c3ccc(C(C)(C)C)cc3)cc21. The molecule has 0 spiro atoms. The molecule has 0 saturated heterocycles. The van der Waals surface area contributed by atoms with Gasteiger partial charge in [0.25, 0.3) is 5.91 Å². The van der Waals surface area contributed by atoms with Gasteiger partial charge in [0, 0.05) is 35.8 Å². The Morgan fingerprint density at radius 3 is 2.22 bits per heavy atom. The van der Waals surface area contributed by atoms with Gasteiger partial charge in [0.15, 0.2) is 0 Å². The number of hydrogen-bond donors (Lipinski definition) is 1. The minimum absolute atomic E-state index is 0.0167. The van der Waals surface area contributed by atoms with Crippen LogP contribution in [0.1, 0.15) is 63.0 Å². The molecule has 3 rings (SSSR count). The van der Waals surface area contributed by atoms with Gasteiger partial charge >= 0.3 is 0 Å². The fraction of sp³-hybridized carbons (Fsp3) is 0.391. The minimum atomic E-state index is -0.151. The lowest BCUT2D eigenvalue weighted by Crippen LogP contribution is -2.32. The van der Waals surface area contributed by atoms with Crippen LogP contribution >= 0.6 is 0 Å². The quantitative estimate of drug-likeness (QED) is 0.825. The highest BCUT2D eigenvalue weighted by Crippen LogP contribution is 2.41. The lowest BCUT2D eigenvalue weighted by atomic mass is 9.86. The fourth-order valence-electron chi connectivity index (χ4n) is 3.58. The molecule has 4 heteroatoms. The van der Waals surface area contributed by atoms with Crippen LogP contribution in [0.5, 0.6) is 0 Å². The third-order valence-electron chi connectivity index (χ3n) is 5.22. The predicted molar refractivity (Wildman–Crippen MR) is 111 cm³/mol. The summed E-state index contributed by atoms with van der Waals surface area (Å²) in [6, 6.07) is 13.5. The van der Waals surface area contributed by atoms with Crippen molar-refractivity contribution < 1.29 is 9.59 Å². The molecule has 0 radical (unpaired) electrons. The topological polar surface area (TPSA) is 49.4 Å². The molecule has 2 aromatic carbocycles. The molecule has 0 fully saturated rings. The third-order valence-corrected chi connectivity index (χ3v) is 5.22. The van der Waals surface area contributed by atoms with Crippen molar-refractivity contribution in [2.75, 3.05) is 16.8 Å². The maximum absolute atomic E-state index is 12.6. The molecular weight excluding hydrogens is 336 g/mol. The summed E-state index contributed by atoms with van der Waals surface area (Å²) in [4.78, 5) is 26.4. The Morgan fingerprint density at radius 2 is 1.67 bits per heavy atom. The van der Waals surface area contributed by atoms with Crippen molar-refractivity contribution in [3.8, 4) is 0 Å². The van der Waals surface area contributed by atoms with Crippen molar-refractivity contribution in [1.82, 2.24) is 0 Å². The molecule has 2 amide bonds. The van der Waals surface area contributed by atoms with Crippen LogP contribution in [0.4, 0.5) is 11.4 Å². The van der Waals surface area contributed by atoms with Gasteiger partial charge in [-0.3, -0.25) is 9.59 Å². The monoisotopic (exact) mass is 364 g/mol. The fourth-order valence-corrected chi connectivity index (χ4v) is 3.58. The van der Waals surface area contributed by atoms with E-state index in [0.29, 0.717) is 17.8 Å². The number of nitrogens with zero attached hydrogens (tertiary/aromatic N) is 1. The maximum atomic E-state index is 12.6. The first-order valence-electron chi connectivity index (χ1n) is 9.33. The number of amides is 2. The number of rotatable bonds is 2. The molecule has 1 N–H and O–H groups in total. The molecule has 0 unspecified atom stereocenters. The van der Waals surface area contributed by atoms with E-state index in [1.807, 2.05) is 42.5 Å². The lowest BCUT2D eigenvalue weighted by Gasteiger charge is -2.19. The van der Waals surface area contributed by atoms with Crippen molar-refractivity contribution in [3.05, 3.63) is 59.2 Å². The standard InChI is InChI=1S/C23H28N2O2/c1-15(26)25-14-23(5,6)19-12-11-18(13-20(19)25)24-21(27)16-7-9-17(10-8-16)22(2,3)4/h7-13H,14H2,1-6H3,(H,24,27). The zero-order valence-electron chi connectivity index (χ0n) is 17.0. The van der Waals surface area contributed by atoms with Crippen LogP contribution in [-0.2, 0) is 15.6 Å². The molecule has 4 nitrogen and oxygen atoms in total. The van der Waals surface area contributed by atoms with Gasteiger partial charge in [-0.15, -0.1) is 0 Å². The number of nitrogens with one attached hydrogen (secondary N) is 1. The Labute approximate surface area is 161 Å². The van der Waals surface area contributed by atoms with E-state index >= 15 is 0 Å². The molecule has 0 aliphatic carbocycles. The summed E-state index contributed by atoms with van der Waals surface area (Å²) in [5.74, 6) is -0.134. The number of carbonyl (C=O) groups excluding carboxylic acids is 2. The van der Waals surface area contributed by atoms with Gasteiger partial charge in [-0.1, -0.05) is 52.8 Å². The molecule has 1 heterocycles. The van der Waals surface area contributed by atoms with Gasteiger partial charge in [0.2, 0.25) is 5.91 Å². The Kier molecular flexibility index (Phi) is 4.62. The first-order chi connectivity index (χ1) is 12.5. The van der Waals surface area contributed by atoms with E-state index in [0.717, 1.165) is 11.3 Å². The second-order valence-electron chi connectivity index (χ2n) is 9.00. The number of fused-ring (bicyclic) bond motifs is 1. The Hall–Kier alpha value is -2.62. The van der Waals surface area contributed by atoms with Crippen LogP contribution in [0.15, 0.2) is 42.5 Å². The molecule has 27 heavy (non-hydrogen) atoms. The molecule has 2 aromatic rings. The van der Waals surface area contributed by atoms with Crippen LogP contribution in [0, 0.1) is 0 Å². The Bertz CT molecular complexity index is 890. The van der Waals surface area contributed by atoms with Crippen molar-refractivity contribution in [2.24, 2.45) is 0 Å². The third kappa shape index (κ3) is 3.75. The summed E-state index contributed by atoms with van der Waals surface area (Å²) in [5.41, 5.74) is 4.48. The number of benzene rings is 2. The summed E-state index contributed by atoms with van der Waals surface area (Å²) < 4.78 is 0. The van der Waals surface area contributed by atoms with Crippen LogP contribution in [0.3, 0.4) is 0 Å². The number of carbonyl (C=O) groups is 2. The normalized spacial score (nSPS) is 15.4. The van der Waals surface area contributed by atoms with E-state index < -0.39 is 0 Å². The van der Waals surface area contributed by atoms with E-state index in [1.54, 1.807) is 11.8 Å². The highest BCUT2D eigenvalue weighted by Gasteiger charge is 2.36. The van der Waals surface area contributed by atoms with Gasteiger partial charge in [-0.25, -0.2) is 0 Å². The highest BCUT2D eigenvalue weighted by molar-refractivity contribution is 6.05. The van der Waals surface area contributed by atoms with Crippen LogP contribution < -0.4 is 10.2 Å². The van der Waals surface area contributed by atoms with Crippen LogP contribution in [-0.4, -0.2) is 18.4 Å². The molecule has 0 atom stereocenters. The van der Waals surface area contributed by atoms with Gasteiger partial charge in [0.05, 0.1) is 0 Å². The van der Waals surface area contributed by atoms with Gasteiger partial charge < -0.3 is 10.2 Å². The van der Waals surface area contributed by atoms with Crippen molar-refractivity contribution in [3.63, 3.8) is 0 Å². The first-order valence-corrected chi connectivity index (χ1v) is 9.33. The smallest absolute Gasteiger partial charge is 0.255 e. The average molecular weight is 364 g/mol. The summed E-state index contributed by atoms with van der Waals surface area (Å²) >= 11 is 0. The van der Waals surface area contributed by atoms with E-state index in [9.17, 15) is 9.59 Å². The average Bonchev–Trinajstić information content (AvgIpc) is 2.85.